The van der Waals surface area contributed by atoms with E-state index in [1.54, 1.807) is 42.6 Å². The number of pyridine rings is 1. The van der Waals surface area contributed by atoms with Gasteiger partial charge in [0.2, 0.25) is 0 Å². The molecule has 132 valence electrons. The van der Waals surface area contributed by atoms with Gasteiger partial charge in [-0.1, -0.05) is 18.2 Å². The largest absolute Gasteiger partial charge is 0.370 e. The minimum atomic E-state index is -4.17. The summed E-state index contributed by atoms with van der Waals surface area (Å²) in [6.07, 6.45) is -2.18. The summed E-state index contributed by atoms with van der Waals surface area (Å²) in [5.41, 5.74) is 2.23. The number of aromatic nitrogens is 3. The van der Waals surface area contributed by atoms with Gasteiger partial charge in [0.05, 0.1) is 6.61 Å². The van der Waals surface area contributed by atoms with Gasteiger partial charge in [-0.05, 0) is 23.8 Å². The van der Waals surface area contributed by atoms with Crippen LogP contribution in [0.2, 0.25) is 0 Å². The average Bonchev–Trinajstić information content (AvgIpc) is 2.92. The van der Waals surface area contributed by atoms with Crippen LogP contribution in [-0.4, -0.2) is 33.0 Å². The van der Waals surface area contributed by atoms with E-state index in [0.29, 0.717) is 28.1 Å². The molecule has 0 amide bonds. The van der Waals surface area contributed by atoms with Crippen LogP contribution in [-0.2, 0) is 11.3 Å². The van der Waals surface area contributed by atoms with Gasteiger partial charge in [-0.3, -0.25) is 0 Å². The number of hydrogen-bond donors (Lipinski definition) is 0. The molecule has 25 heavy (non-hydrogen) atoms. The molecule has 4 nitrogen and oxygen atoms in total. The first-order valence-corrected chi connectivity index (χ1v) is 7.55. The second-order valence-electron chi connectivity index (χ2n) is 5.32. The monoisotopic (exact) mass is 373 g/mol. The van der Waals surface area contributed by atoms with E-state index in [1.807, 2.05) is 0 Å². The molecule has 0 aliphatic heterocycles. The fraction of sp³-hybridized carbons (Fsp3) is 0.250. The fourth-order valence-electron chi connectivity index (χ4n) is 2.23. The number of nitrogens with zero attached hydrogens (tertiary/aromatic N) is 3. The highest BCUT2D eigenvalue weighted by atomic mass is 35.5. The molecule has 2 aromatic heterocycles. The number of rotatable bonds is 6. The molecular weight excluding hydrogens is 362 g/mol. The highest BCUT2D eigenvalue weighted by molar-refractivity contribution is 6.20. The van der Waals surface area contributed by atoms with Gasteiger partial charge in [0.1, 0.15) is 12.1 Å². The minimum Gasteiger partial charge on any atom is -0.370 e. The zero-order chi connectivity index (χ0) is 18.0. The molecule has 0 saturated heterocycles. The van der Waals surface area contributed by atoms with Gasteiger partial charge in [-0.2, -0.15) is 8.78 Å². The van der Waals surface area contributed by atoms with Crippen molar-refractivity contribution in [3.05, 3.63) is 48.2 Å². The van der Waals surface area contributed by atoms with Crippen molar-refractivity contribution in [2.75, 3.05) is 6.61 Å². The predicted molar refractivity (Wildman–Crippen MR) is 84.8 cm³/mol. The summed E-state index contributed by atoms with van der Waals surface area (Å²) in [4.78, 5) is 8.51. The van der Waals surface area contributed by atoms with E-state index in [0.717, 1.165) is 0 Å². The normalized spacial score (nSPS) is 12.2. The lowest BCUT2D eigenvalue weighted by Gasteiger charge is -2.15. The Morgan fingerprint density at radius 3 is 2.72 bits per heavy atom. The lowest BCUT2D eigenvalue weighted by molar-refractivity contribution is -0.168. The average molecular weight is 374 g/mol. The molecule has 0 fully saturated rings. The number of imidazole rings is 1. The Morgan fingerprint density at radius 1 is 1.20 bits per heavy atom. The molecule has 0 bridgehead atoms. The van der Waals surface area contributed by atoms with Gasteiger partial charge in [0.25, 0.3) is 0 Å². The maximum absolute atomic E-state index is 12.9. The number of benzene rings is 1. The third-order valence-corrected chi connectivity index (χ3v) is 3.75. The second kappa shape index (κ2) is 6.97. The van der Waals surface area contributed by atoms with E-state index in [1.165, 1.54) is 4.09 Å². The molecule has 0 aliphatic carbocycles. The van der Waals surface area contributed by atoms with Crippen molar-refractivity contribution in [1.82, 2.24) is 14.1 Å². The lowest BCUT2D eigenvalue weighted by Crippen LogP contribution is -2.32. The predicted octanol–water partition coefficient (Wildman–Crippen LogP) is 4.52. The molecule has 0 aliphatic rings. The molecule has 0 unspecified atom stereocenters. The number of alkyl halides is 4. The van der Waals surface area contributed by atoms with Crippen LogP contribution < -0.4 is 0 Å². The summed E-state index contributed by atoms with van der Waals surface area (Å²) in [6, 6.07) is 10.2. The first-order chi connectivity index (χ1) is 11.9. The van der Waals surface area contributed by atoms with Crippen LogP contribution in [0.1, 0.15) is 5.56 Å². The van der Waals surface area contributed by atoms with Gasteiger partial charge in [-0.15, -0.1) is 0 Å². The van der Waals surface area contributed by atoms with Crippen LogP contribution in [0, 0.1) is 0 Å². The van der Waals surface area contributed by atoms with E-state index >= 15 is 0 Å². The quantitative estimate of drug-likeness (QED) is 0.596. The smallest absolute Gasteiger partial charge is 0.330 e. The van der Waals surface area contributed by atoms with E-state index in [2.05, 4.69) is 9.97 Å². The summed E-state index contributed by atoms with van der Waals surface area (Å²) in [7, 11) is 0. The van der Waals surface area contributed by atoms with Gasteiger partial charge in [0.15, 0.2) is 11.5 Å². The van der Waals surface area contributed by atoms with Crippen LogP contribution in [0.4, 0.5) is 17.6 Å². The van der Waals surface area contributed by atoms with Gasteiger partial charge in [-0.25, -0.2) is 22.8 Å². The number of ether oxygens (including phenoxy) is 1. The van der Waals surface area contributed by atoms with Gasteiger partial charge < -0.3 is 4.74 Å². The Hall–Kier alpha value is -2.19. The van der Waals surface area contributed by atoms with E-state index < -0.39 is 19.0 Å². The van der Waals surface area contributed by atoms with Gasteiger partial charge in [0, 0.05) is 23.5 Å². The van der Waals surface area contributed by atoms with Crippen molar-refractivity contribution >= 4 is 22.9 Å². The Kier molecular flexibility index (Phi) is 4.91. The molecule has 3 aromatic rings. The summed E-state index contributed by atoms with van der Waals surface area (Å²) >= 11 is 6.22. The van der Waals surface area contributed by atoms with Crippen molar-refractivity contribution < 1.29 is 22.3 Å². The summed E-state index contributed by atoms with van der Waals surface area (Å²) in [5.74, 6) is -3.75. The Bertz CT molecular complexity index is 885. The van der Waals surface area contributed by atoms with Crippen molar-refractivity contribution in [3.8, 4) is 11.4 Å². The summed E-state index contributed by atoms with van der Waals surface area (Å²) in [5, 5.41) is 0. The van der Waals surface area contributed by atoms with Crippen LogP contribution in [0.3, 0.4) is 0 Å². The molecule has 0 atom stereocenters. The van der Waals surface area contributed by atoms with E-state index in [-0.39, 0.29) is 6.61 Å². The number of fused-ring (bicyclic) bond motifs is 1. The van der Waals surface area contributed by atoms with Crippen molar-refractivity contribution in [2.24, 2.45) is 0 Å². The molecule has 2 heterocycles. The Balaban J connectivity index is 1.78. The Labute approximate surface area is 145 Å². The number of halogens is 5. The first-order valence-electron chi connectivity index (χ1n) is 7.21. The zero-order valence-electron chi connectivity index (χ0n) is 12.7. The maximum atomic E-state index is 12.9. The van der Waals surface area contributed by atoms with Crippen LogP contribution in [0.5, 0.6) is 0 Å². The van der Waals surface area contributed by atoms with Crippen LogP contribution in [0.15, 0.2) is 42.6 Å². The number of hydrogen-bond acceptors (Lipinski definition) is 3. The van der Waals surface area contributed by atoms with Gasteiger partial charge >= 0.3 is 12.3 Å². The SMILES string of the molecule is FC(F)C(F)(F)COCc1cccc(-c2nc3cccnc3n2Cl)c1. The zero-order valence-corrected chi connectivity index (χ0v) is 13.4. The van der Waals surface area contributed by atoms with Crippen LogP contribution >= 0.6 is 11.8 Å². The molecule has 0 spiro atoms. The first kappa shape index (κ1) is 17.6. The van der Waals surface area contributed by atoms with E-state index in [4.69, 9.17) is 16.5 Å². The molecule has 0 saturated carbocycles. The van der Waals surface area contributed by atoms with Crippen molar-refractivity contribution in [3.63, 3.8) is 0 Å². The summed E-state index contributed by atoms with van der Waals surface area (Å²) in [6.45, 7) is -1.59. The molecule has 0 N–H and O–H groups in total. The molecule has 3 rings (SSSR count). The minimum absolute atomic E-state index is 0.239. The van der Waals surface area contributed by atoms with Crippen molar-refractivity contribution in [1.29, 1.82) is 0 Å². The van der Waals surface area contributed by atoms with Crippen LogP contribution in [0.25, 0.3) is 22.6 Å². The lowest BCUT2D eigenvalue weighted by atomic mass is 10.1. The maximum Gasteiger partial charge on any atom is 0.330 e. The highest BCUT2D eigenvalue weighted by Crippen LogP contribution is 2.26. The van der Waals surface area contributed by atoms with E-state index in [9.17, 15) is 17.6 Å². The summed E-state index contributed by atoms with van der Waals surface area (Å²) < 4.78 is 55.9. The third kappa shape index (κ3) is 3.74. The molecule has 9 heteroatoms. The fourth-order valence-corrected chi connectivity index (χ4v) is 2.50. The topological polar surface area (TPSA) is 39.9 Å². The molecule has 0 radical (unpaired) electrons. The third-order valence-electron chi connectivity index (χ3n) is 3.43. The standard InChI is InChI=1S/C16H12ClF4N3O/c17-24-13(23-12-5-2-6-22-14(12)24)11-4-1-3-10(7-11)8-25-9-16(20,21)15(18)19/h1-7,15H,8-9H2. The Morgan fingerprint density at radius 2 is 2.00 bits per heavy atom. The molecule has 1 aromatic carbocycles. The highest BCUT2D eigenvalue weighted by Gasteiger charge is 2.40. The van der Waals surface area contributed by atoms with Crippen molar-refractivity contribution in [2.45, 2.75) is 19.0 Å². The molecular formula is C16H12ClF4N3O. The second-order valence-corrected chi connectivity index (χ2v) is 5.66.